The predicted molar refractivity (Wildman–Crippen MR) is 152 cm³/mol. The summed E-state index contributed by atoms with van der Waals surface area (Å²) in [6, 6.07) is 8.12. The van der Waals surface area contributed by atoms with Crippen molar-refractivity contribution in [3.63, 3.8) is 0 Å². The number of carbonyl (C=O) groups is 1. The lowest BCUT2D eigenvalue weighted by molar-refractivity contribution is -0.137. The van der Waals surface area contributed by atoms with E-state index < -0.39 is 0 Å². The lowest BCUT2D eigenvalue weighted by Gasteiger charge is -2.48. The summed E-state index contributed by atoms with van der Waals surface area (Å²) in [7, 11) is 0. The van der Waals surface area contributed by atoms with Crippen molar-refractivity contribution < 1.29 is 4.79 Å². The highest BCUT2D eigenvalue weighted by Gasteiger charge is 2.43. The molecular weight excluding hydrogens is 496 g/mol. The number of amides is 1. The Morgan fingerprint density at radius 1 is 1.05 bits per heavy atom. The number of nitrogens with zero attached hydrogens (tertiary/aromatic N) is 4. The second-order valence-electron chi connectivity index (χ2n) is 12.1. The minimum Gasteiger partial charge on any atom is -0.341 e. The minimum absolute atomic E-state index is 0.199. The van der Waals surface area contributed by atoms with E-state index in [9.17, 15) is 4.79 Å². The molecule has 2 saturated carbocycles. The highest BCUT2D eigenvalue weighted by molar-refractivity contribution is 6.30. The number of piperidine rings is 1. The Morgan fingerprint density at radius 3 is 2.39 bits per heavy atom. The summed E-state index contributed by atoms with van der Waals surface area (Å²) in [6.07, 6.45) is 17.3. The molecule has 8 heteroatoms. The zero-order valence-corrected chi connectivity index (χ0v) is 23.5. The number of nitrogens with two attached hydrogens (primary N) is 1. The summed E-state index contributed by atoms with van der Waals surface area (Å²) in [6.45, 7) is 3.33. The standard InChI is InChI=1S/C30H45ClN6O/c31-26-10-6-23(7-11-26)18-28(35-27-12-8-24(19-32)9-13-27)29(38)36-16-14-30(15-17-36,20-37-22-33-21-34-37)25-4-2-1-3-5-25/h6-7,10-11,21-22,24-25,27-28,35H,1-5,8-9,12-20,32H2/t24?,27?,28-/m1/s1. The molecule has 208 valence electrons. The molecule has 0 unspecified atom stereocenters. The van der Waals surface area contributed by atoms with E-state index in [-0.39, 0.29) is 17.4 Å². The van der Waals surface area contributed by atoms with Crippen molar-refractivity contribution >= 4 is 17.5 Å². The largest absolute Gasteiger partial charge is 0.341 e. The highest BCUT2D eigenvalue weighted by Crippen LogP contribution is 2.47. The molecule has 38 heavy (non-hydrogen) atoms. The Morgan fingerprint density at radius 2 is 1.76 bits per heavy atom. The molecule has 1 saturated heterocycles. The monoisotopic (exact) mass is 540 g/mol. The first kappa shape index (κ1) is 27.6. The molecule has 5 rings (SSSR count). The van der Waals surface area contributed by atoms with Crippen LogP contribution in [0.5, 0.6) is 0 Å². The fourth-order valence-electron chi connectivity index (χ4n) is 7.36. The van der Waals surface area contributed by atoms with Gasteiger partial charge in [0.05, 0.1) is 6.04 Å². The topological polar surface area (TPSA) is 89.1 Å². The van der Waals surface area contributed by atoms with Crippen molar-refractivity contribution in [1.29, 1.82) is 0 Å². The molecule has 1 amide bonds. The average molecular weight is 541 g/mol. The SMILES string of the molecule is NCC1CCC(N[C@H](Cc2ccc(Cl)cc2)C(=O)N2CCC(Cn3cncn3)(C3CCCCC3)CC2)CC1. The smallest absolute Gasteiger partial charge is 0.240 e. The summed E-state index contributed by atoms with van der Waals surface area (Å²) in [4.78, 5) is 20.4. The van der Waals surface area contributed by atoms with Crippen LogP contribution in [-0.4, -0.2) is 57.3 Å². The number of aromatic nitrogens is 3. The van der Waals surface area contributed by atoms with Crippen molar-refractivity contribution in [1.82, 2.24) is 25.0 Å². The van der Waals surface area contributed by atoms with Crippen LogP contribution in [0.1, 0.15) is 76.2 Å². The number of hydrogen-bond acceptors (Lipinski definition) is 5. The van der Waals surface area contributed by atoms with E-state index in [1.165, 1.54) is 32.1 Å². The van der Waals surface area contributed by atoms with Crippen LogP contribution in [0.25, 0.3) is 0 Å². The summed E-state index contributed by atoms with van der Waals surface area (Å²) in [5, 5.41) is 8.98. The van der Waals surface area contributed by atoms with Gasteiger partial charge in [0.2, 0.25) is 5.91 Å². The third-order valence-corrected chi connectivity index (χ3v) is 10.0. The van der Waals surface area contributed by atoms with Gasteiger partial charge in [-0.25, -0.2) is 4.98 Å². The second-order valence-corrected chi connectivity index (χ2v) is 12.6. The summed E-state index contributed by atoms with van der Waals surface area (Å²) < 4.78 is 2.02. The van der Waals surface area contributed by atoms with Gasteiger partial charge in [0, 0.05) is 30.7 Å². The molecule has 0 spiro atoms. The van der Waals surface area contributed by atoms with Gasteiger partial charge < -0.3 is 16.0 Å². The molecule has 3 aliphatic rings. The number of halogens is 1. The first-order valence-corrected chi connectivity index (χ1v) is 15.2. The van der Waals surface area contributed by atoms with E-state index in [0.29, 0.717) is 24.3 Å². The van der Waals surface area contributed by atoms with Gasteiger partial charge in [0.15, 0.2) is 0 Å². The van der Waals surface area contributed by atoms with Crippen LogP contribution in [0.15, 0.2) is 36.9 Å². The molecule has 3 fully saturated rings. The van der Waals surface area contributed by atoms with Crippen LogP contribution < -0.4 is 11.1 Å². The van der Waals surface area contributed by atoms with Gasteiger partial charge in [-0.1, -0.05) is 43.0 Å². The summed E-state index contributed by atoms with van der Waals surface area (Å²) in [5.41, 5.74) is 7.28. The Kier molecular flexibility index (Phi) is 9.39. The van der Waals surface area contributed by atoms with Crippen LogP contribution >= 0.6 is 11.6 Å². The molecule has 2 heterocycles. The second kappa shape index (κ2) is 12.9. The Balaban J connectivity index is 1.28. The fraction of sp³-hybridized carbons (Fsp3) is 0.700. The van der Waals surface area contributed by atoms with Crippen LogP contribution in [0.2, 0.25) is 5.02 Å². The molecule has 1 atom stereocenters. The molecule has 7 nitrogen and oxygen atoms in total. The van der Waals surface area contributed by atoms with E-state index in [1.54, 1.807) is 6.33 Å². The van der Waals surface area contributed by atoms with E-state index in [2.05, 4.69) is 32.4 Å². The zero-order chi connectivity index (χ0) is 26.4. The zero-order valence-electron chi connectivity index (χ0n) is 22.7. The highest BCUT2D eigenvalue weighted by atomic mass is 35.5. The third-order valence-electron chi connectivity index (χ3n) is 9.75. The van der Waals surface area contributed by atoms with Gasteiger partial charge in [0.1, 0.15) is 12.7 Å². The normalized spacial score (nSPS) is 25.3. The number of carbonyl (C=O) groups excluding carboxylic acids is 1. The van der Waals surface area contributed by atoms with E-state index in [1.807, 2.05) is 23.1 Å². The molecule has 1 aromatic heterocycles. The van der Waals surface area contributed by atoms with Gasteiger partial charge in [-0.3, -0.25) is 9.48 Å². The van der Waals surface area contributed by atoms with Crippen molar-refractivity contribution in [3.05, 3.63) is 47.5 Å². The van der Waals surface area contributed by atoms with Crippen molar-refractivity contribution in [2.75, 3.05) is 19.6 Å². The number of benzene rings is 1. The van der Waals surface area contributed by atoms with Gasteiger partial charge in [-0.2, -0.15) is 5.10 Å². The van der Waals surface area contributed by atoms with Gasteiger partial charge >= 0.3 is 0 Å². The minimum atomic E-state index is -0.215. The van der Waals surface area contributed by atoms with Crippen LogP contribution in [0, 0.1) is 17.3 Å². The number of likely N-dealkylation sites (tertiary alicyclic amines) is 1. The Bertz CT molecular complexity index is 990. The molecule has 1 aromatic carbocycles. The lowest BCUT2D eigenvalue weighted by Crippen LogP contribution is -2.55. The predicted octanol–water partition coefficient (Wildman–Crippen LogP) is 4.84. The van der Waals surface area contributed by atoms with Crippen LogP contribution in [-0.2, 0) is 17.8 Å². The van der Waals surface area contributed by atoms with E-state index in [4.69, 9.17) is 17.3 Å². The average Bonchev–Trinajstić information content (AvgIpc) is 3.47. The summed E-state index contributed by atoms with van der Waals surface area (Å²) >= 11 is 6.15. The molecular formula is C30H45ClN6O. The van der Waals surface area contributed by atoms with Gasteiger partial charge in [0.25, 0.3) is 0 Å². The van der Waals surface area contributed by atoms with Crippen molar-refractivity contribution in [2.45, 2.75) is 95.7 Å². The molecule has 2 aliphatic carbocycles. The van der Waals surface area contributed by atoms with Gasteiger partial charge in [-0.15, -0.1) is 0 Å². The first-order valence-electron chi connectivity index (χ1n) is 14.9. The van der Waals surface area contributed by atoms with E-state index >= 15 is 0 Å². The quantitative estimate of drug-likeness (QED) is 0.475. The maximum atomic E-state index is 14.1. The Labute approximate surface area is 232 Å². The number of nitrogens with one attached hydrogen (secondary N) is 1. The maximum Gasteiger partial charge on any atom is 0.240 e. The number of rotatable bonds is 9. The molecule has 3 N–H and O–H groups in total. The lowest BCUT2D eigenvalue weighted by atomic mass is 9.63. The molecule has 0 bridgehead atoms. The summed E-state index contributed by atoms with van der Waals surface area (Å²) in [5.74, 6) is 1.58. The van der Waals surface area contributed by atoms with Crippen molar-refractivity contribution in [3.8, 4) is 0 Å². The van der Waals surface area contributed by atoms with E-state index in [0.717, 1.165) is 75.3 Å². The molecule has 0 radical (unpaired) electrons. The number of hydrogen-bond donors (Lipinski definition) is 2. The van der Waals surface area contributed by atoms with Crippen molar-refractivity contribution in [2.24, 2.45) is 23.0 Å². The fourth-order valence-corrected chi connectivity index (χ4v) is 7.49. The first-order chi connectivity index (χ1) is 18.5. The molecule has 1 aliphatic heterocycles. The van der Waals surface area contributed by atoms with Crippen LogP contribution in [0.3, 0.4) is 0 Å². The van der Waals surface area contributed by atoms with Crippen LogP contribution in [0.4, 0.5) is 0 Å². The third kappa shape index (κ3) is 6.78. The van der Waals surface area contributed by atoms with Gasteiger partial charge in [-0.05, 0) is 99.3 Å². The molecule has 2 aromatic rings. The maximum absolute atomic E-state index is 14.1. The Hall–Kier alpha value is -1.96.